The first-order valence-electron chi connectivity index (χ1n) is 3.44. The number of rotatable bonds is 0. The number of anilines is 1. The van der Waals surface area contributed by atoms with Gasteiger partial charge in [0.05, 0.1) is 28.4 Å². The summed E-state index contributed by atoms with van der Waals surface area (Å²) in [7, 11) is 0. The highest BCUT2D eigenvalue weighted by molar-refractivity contribution is 14.1. The van der Waals surface area contributed by atoms with E-state index < -0.39 is 0 Å². The summed E-state index contributed by atoms with van der Waals surface area (Å²) in [6.45, 7) is 1.99. The van der Waals surface area contributed by atoms with Crippen molar-refractivity contribution in [3.63, 3.8) is 0 Å². The molecule has 0 aliphatic heterocycles. The van der Waals surface area contributed by atoms with Gasteiger partial charge in [0, 0.05) is 6.20 Å². The van der Waals surface area contributed by atoms with Gasteiger partial charge < -0.3 is 5.73 Å². The minimum Gasteiger partial charge on any atom is -0.382 e. The van der Waals surface area contributed by atoms with E-state index in [0.717, 1.165) is 16.6 Å². The smallest absolute Gasteiger partial charge is 0.151 e. The van der Waals surface area contributed by atoms with Gasteiger partial charge in [-0.05, 0) is 12.5 Å². The molecule has 0 aliphatic rings. The summed E-state index contributed by atoms with van der Waals surface area (Å²) in [6.07, 6.45) is 3.49. The molecule has 5 heteroatoms. The van der Waals surface area contributed by atoms with Crippen LogP contribution in [0.1, 0.15) is 5.56 Å². The van der Waals surface area contributed by atoms with Gasteiger partial charge in [0.2, 0.25) is 0 Å². The Morgan fingerprint density at radius 2 is 2.25 bits per heavy atom. The van der Waals surface area contributed by atoms with Gasteiger partial charge >= 0.3 is 0 Å². The molecule has 2 heterocycles. The second-order valence-corrected chi connectivity index (χ2v) is 3.62. The zero-order valence-corrected chi connectivity index (χ0v) is 8.61. The van der Waals surface area contributed by atoms with E-state index in [1.54, 1.807) is 12.5 Å². The molecular formula is C7H7IN4. The SMILES string of the molecule is Cc1cnc(N)c2ncn(I)c12. The van der Waals surface area contributed by atoms with E-state index in [2.05, 4.69) is 32.8 Å². The zero-order chi connectivity index (χ0) is 8.72. The Balaban J connectivity index is 2.98. The second-order valence-electron chi connectivity index (χ2n) is 2.58. The molecule has 0 saturated carbocycles. The van der Waals surface area contributed by atoms with Crippen molar-refractivity contribution >= 4 is 39.7 Å². The molecular weight excluding hydrogens is 267 g/mol. The fourth-order valence-electron chi connectivity index (χ4n) is 1.16. The van der Waals surface area contributed by atoms with Gasteiger partial charge in [-0.15, -0.1) is 0 Å². The maximum Gasteiger partial charge on any atom is 0.151 e. The average Bonchev–Trinajstić information content (AvgIpc) is 2.42. The standard InChI is InChI=1S/C7H7IN4/c1-4-2-10-7(9)5-6(4)12(8)3-11-5/h2-3H,1H3,(H2,9,10). The van der Waals surface area contributed by atoms with Gasteiger partial charge in [-0.2, -0.15) is 0 Å². The maximum atomic E-state index is 5.65. The van der Waals surface area contributed by atoms with Crippen molar-refractivity contribution in [2.24, 2.45) is 0 Å². The van der Waals surface area contributed by atoms with E-state index in [1.807, 2.05) is 9.70 Å². The molecule has 12 heavy (non-hydrogen) atoms. The van der Waals surface area contributed by atoms with E-state index in [9.17, 15) is 0 Å². The molecule has 0 radical (unpaired) electrons. The normalized spacial score (nSPS) is 10.8. The topological polar surface area (TPSA) is 56.7 Å². The number of pyridine rings is 1. The lowest BCUT2D eigenvalue weighted by molar-refractivity contribution is 1.29. The lowest BCUT2D eigenvalue weighted by Gasteiger charge is -1.98. The number of hydrogen-bond acceptors (Lipinski definition) is 3. The number of imidazole rings is 1. The molecule has 0 fully saturated rings. The van der Waals surface area contributed by atoms with Crippen LogP contribution < -0.4 is 5.73 Å². The van der Waals surface area contributed by atoms with Crippen molar-refractivity contribution in [1.82, 2.24) is 12.7 Å². The van der Waals surface area contributed by atoms with E-state index in [-0.39, 0.29) is 0 Å². The summed E-state index contributed by atoms with van der Waals surface area (Å²) in [5.41, 5.74) is 8.56. The van der Waals surface area contributed by atoms with Gasteiger partial charge in [0.25, 0.3) is 0 Å². The number of aromatic nitrogens is 3. The van der Waals surface area contributed by atoms with Gasteiger partial charge in [-0.25, -0.2) is 9.97 Å². The predicted octanol–water partition coefficient (Wildman–Crippen LogP) is 1.52. The second kappa shape index (κ2) is 2.58. The summed E-state index contributed by atoms with van der Waals surface area (Å²) >= 11 is 2.17. The third kappa shape index (κ3) is 0.961. The van der Waals surface area contributed by atoms with E-state index in [4.69, 9.17) is 5.73 Å². The van der Waals surface area contributed by atoms with Crippen LogP contribution in [0.25, 0.3) is 11.0 Å². The molecule has 0 saturated heterocycles. The zero-order valence-electron chi connectivity index (χ0n) is 6.45. The number of hydrogen-bond donors (Lipinski definition) is 1. The summed E-state index contributed by atoms with van der Waals surface area (Å²) in [5, 5.41) is 0. The van der Waals surface area contributed by atoms with Crippen molar-refractivity contribution in [1.29, 1.82) is 0 Å². The first-order chi connectivity index (χ1) is 5.70. The summed E-state index contributed by atoms with van der Waals surface area (Å²) < 4.78 is 1.92. The molecule has 62 valence electrons. The van der Waals surface area contributed by atoms with Crippen molar-refractivity contribution < 1.29 is 0 Å². The highest BCUT2D eigenvalue weighted by atomic mass is 127. The molecule has 2 aromatic heterocycles. The minimum absolute atomic E-state index is 0.492. The number of halogens is 1. The first kappa shape index (κ1) is 7.78. The fourth-order valence-corrected chi connectivity index (χ4v) is 1.89. The Kier molecular flexibility index (Phi) is 1.67. The Bertz CT molecular complexity index is 434. The van der Waals surface area contributed by atoms with Crippen molar-refractivity contribution in [3.05, 3.63) is 18.1 Å². The fraction of sp³-hybridized carbons (Fsp3) is 0.143. The van der Waals surface area contributed by atoms with Crippen LogP contribution in [0.15, 0.2) is 12.5 Å². The van der Waals surface area contributed by atoms with Crippen LogP contribution in [0.4, 0.5) is 5.82 Å². The molecule has 0 amide bonds. The molecule has 0 atom stereocenters. The van der Waals surface area contributed by atoms with E-state index in [1.165, 1.54) is 0 Å². The van der Waals surface area contributed by atoms with Gasteiger partial charge in [-0.1, -0.05) is 0 Å². The van der Waals surface area contributed by atoms with Crippen LogP contribution in [0.2, 0.25) is 0 Å². The van der Waals surface area contributed by atoms with Crippen molar-refractivity contribution in [2.45, 2.75) is 6.92 Å². The van der Waals surface area contributed by atoms with Crippen LogP contribution in [0.5, 0.6) is 0 Å². The number of nitrogens with two attached hydrogens (primary N) is 1. The molecule has 0 aliphatic carbocycles. The molecule has 0 bridgehead atoms. The van der Waals surface area contributed by atoms with Crippen LogP contribution in [0, 0.1) is 6.92 Å². The summed E-state index contributed by atoms with van der Waals surface area (Å²) in [5.74, 6) is 0.492. The van der Waals surface area contributed by atoms with Crippen LogP contribution in [-0.2, 0) is 0 Å². The average molecular weight is 274 g/mol. The quantitative estimate of drug-likeness (QED) is 0.741. The highest BCUT2D eigenvalue weighted by Gasteiger charge is 2.07. The van der Waals surface area contributed by atoms with Crippen LogP contribution in [0.3, 0.4) is 0 Å². The van der Waals surface area contributed by atoms with E-state index in [0.29, 0.717) is 5.82 Å². The van der Waals surface area contributed by atoms with Crippen molar-refractivity contribution in [3.8, 4) is 0 Å². The molecule has 2 N–H and O–H groups in total. The molecule has 0 aromatic carbocycles. The molecule has 0 spiro atoms. The van der Waals surface area contributed by atoms with Gasteiger partial charge in [0.15, 0.2) is 5.82 Å². The lowest BCUT2D eigenvalue weighted by atomic mass is 10.2. The lowest BCUT2D eigenvalue weighted by Crippen LogP contribution is -1.93. The van der Waals surface area contributed by atoms with Gasteiger partial charge in [0.1, 0.15) is 11.8 Å². The van der Waals surface area contributed by atoms with Crippen LogP contribution >= 0.6 is 22.9 Å². The molecule has 0 unspecified atom stereocenters. The number of fused-ring (bicyclic) bond motifs is 1. The molecule has 4 nitrogen and oxygen atoms in total. The summed E-state index contributed by atoms with van der Waals surface area (Å²) in [6, 6.07) is 0. The van der Waals surface area contributed by atoms with Crippen molar-refractivity contribution in [2.75, 3.05) is 5.73 Å². The predicted molar refractivity (Wildman–Crippen MR) is 56.1 cm³/mol. The number of nitrogen functional groups attached to an aromatic ring is 1. The number of nitrogens with zero attached hydrogens (tertiary/aromatic N) is 3. The third-order valence-corrected chi connectivity index (χ3v) is 2.47. The largest absolute Gasteiger partial charge is 0.382 e. The Morgan fingerprint density at radius 3 is 2.92 bits per heavy atom. The van der Waals surface area contributed by atoms with Crippen LogP contribution in [-0.4, -0.2) is 12.7 Å². The number of aryl methyl sites for hydroxylation is 1. The maximum absolute atomic E-state index is 5.65. The highest BCUT2D eigenvalue weighted by Crippen LogP contribution is 2.21. The summed E-state index contributed by atoms with van der Waals surface area (Å²) in [4.78, 5) is 8.17. The molecule has 2 aromatic rings. The minimum atomic E-state index is 0.492. The Labute approximate surface area is 83.3 Å². The Morgan fingerprint density at radius 1 is 1.50 bits per heavy atom. The molecule has 2 rings (SSSR count). The first-order valence-corrected chi connectivity index (χ1v) is 4.41. The Hall–Kier alpha value is -0.850. The third-order valence-electron chi connectivity index (χ3n) is 1.74. The monoisotopic (exact) mass is 274 g/mol. The van der Waals surface area contributed by atoms with E-state index >= 15 is 0 Å². The van der Waals surface area contributed by atoms with Gasteiger partial charge in [-0.3, -0.25) is 2.78 Å².